The molecule has 2 heterocycles. The number of benzene rings is 1. The van der Waals surface area contributed by atoms with Gasteiger partial charge in [-0.1, -0.05) is 42.4 Å². The monoisotopic (exact) mass is 271 g/mol. The zero-order chi connectivity index (χ0) is 13.9. The fraction of sp³-hybridized carbons (Fsp3) is 0.400. The topological polar surface area (TPSA) is 59.2 Å². The Hall–Kier alpha value is -2.17. The normalized spacial score (nSPS) is 15.2. The van der Waals surface area contributed by atoms with Crippen molar-refractivity contribution in [1.29, 1.82) is 0 Å². The maximum Gasteiger partial charge on any atom is 0.233 e. The van der Waals surface area contributed by atoms with Crippen LogP contribution in [0.1, 0.15) is 31.6 Å². The molecule has 104 valence electrons. The quantitative estimate of drug-likeness (QED) is 0.857. The predicted octanol–water partition coefficient (Wildman–Crippen LogP) is 2.46. The number of likely N-dealkylation sites (tertiary alicyclic amines) is 1. The molecule has 0 N–H and O–H groups in total. The van der Waals surface area contributed by atoms with Crippen molar-refractivity contribution in [2.75, 3.05) is 13.1 Å². The van der Waals surface area contributed by atoms with E-state index in [4.69, 9.17) is 4.52 Å². The molecule has 0 radical (unpaired) electrons. The van der Waals surface area contributed by atoms with Crippen molar-refractivity contribution < 1.29 is 9.32 Å². The van der Waals surface area contributed by atoms with Gasteiger partial charge in [-0.25, -0.2) is 0 Å². The molecule has 0 bridgehead atoms. The third kappa shape index (κ3) is 2.43. The third-order valence-corrected chi connectivity index (χ3v) is 3.52. The van der Waals surface area contributed by atoms with Crippen LogP contribution in [0.2, 0.25) is 0 Å². The SMILES string of the molecule is CCCC(=O)N1CC(c2nc(-c3ccccc3)no2)C1. The van der Waals surface area contributed by atoms with E-state index in [1.165, 1.54) is 0 Å². The molecule has 0 spiro atoms. The van der Waals surface area contributed by atoms with E-state index in [9.17, 15) is 4.79 Å². The molecule has 1 saturated heterocycles. The van der Waals surface area contributed by atoms with Crippen LogP contribution in [0.25, 0.3) is 11.4 Å². The van der Waals surface area contributed by atoms with Gasteiger partial charge in [0.1, 0.15) is 0 Å². The second kappa shape index (κ2) is 5.45. The van der Waals surface area contributed by atoms with E-state index < -0.39 is 0 Å². The van der Waals surface area contributed by atoms with E-state index in [1.807, 2.05) is 42.2 Å². The van der Waals surface area contributed by atoms with Gasteiger partial charge in [0.2, 0.25) is 17.6 Å². The third-order valence-electron chi connectivity index (χ3n) is 3.52. The summed E-state index contributed by atoms with van der Waals surface area (Å²) in [6.07, 6.45) is 1.50. The van der Waals surface area contributed by atoms with E-state index in [0.29, 0.717) is 31.2 Å². The zero-order valence-electron chi connectivity index (χ0n) is 11.5. The molecule has 20 heavy (non-hydrogen) atoms. The molecule has 1 amide bonds. The first-order valence-corrected chi connectivity index (χ1v) is 6.94. The molecule has 3 rings (SSSR count). The first kappa shape index (κ1) is 12.8. The molecule has 0 saturated carbocycles. The van der Waals surface area contributed by atoms with E-state index in [0.717, 1.165) is 12.0 Å². The molecule has 1 aliphatic heterocycles. The van der Waals surface area contributed by atoms with Crippen LogP contribution in [-0.4, -0.2) is 34.0 Å². The van der Waals surface area contributed by atoms with Gasteiger partial charge in [-0.2, -0.15) is 4.98 Å². The highest BCUT2D eigenvalue weighted by Gasteiger charge is 2.35. The number of hydrogen-bond acceptors (Lipinski definition) is 4. The summed E-state index contributed by atoms with van der Waals surface area (Å²) in [5, 5.41) is 4.01. The van der Waals surface area contributed by atoms with Crippen molar-refractivity contribution >= 4 is 5.91 Å². The number of rotatable bonds is 4. The summed E-state index contributed by atoms with van der Waals surface area (Å²) in [6, 6.07) is 9.74. The van der Waals surface area contributed by atoms with Crippen molar-refractivity contribution in [3.63, 3.8) is 0 Å². The lowest BCUT2D eigenvalue weighted by Crippen LogP contribution is -2.48. The highest BCUT2D eigenvalue weighted by Crippen LogP contribution is 2.28. The van der Waals surface area contributed by atoms with Gasteiger partial charge < -0.3 is 9.42 Å². The first-order chi connectivity index (χ1) is 9.78. The molecule has 1 aromatic carbocycles. The Balaban J connectivity index is 1.64. The Morgan fingerprint density at radius 3 is 2.80 bits per heavy atom. The Morgan fingerprint density at radius 2 is 2.10 bits per heavy atom. The predicted molar refractivity (Wildman–Crippen MR) is 74.0 cm³/mol. The number of carbonyl (C=O) groups excluding carboxylic acids is 1. The molecule has 0 aliphatic carbocycles. The summed E-state index contributed by atoms with van der Waals surface area (Å²) < 4.78 is 5.31. The molecule has 0 atom stereocenters. The highest BCUT2D eigenvalue weighted by atomic mass is 16.5. The van der Waals surface area contributed by atoms with Gasteiger partial charge in [-0.15, -0.1) is 0 Å². The summed E-state index contributed by atoms with van der Waals surface area (Å²) in [4.78, 5) is 18.0. The largest absolute Gasteiger partial charge is 0.341 e. The number of hydrogen-bond donors (Lipinski definition) is 0. The van der Waals surface area contributed by atoms with Gasteiger partial charge in [-0.05, 0) is 6.42 Å². The maximum absolute atomic E-state index is 11.7. The molecule has 2 aromatic rings. The minimum atomic E-state index is 0.181. The fourth-order valence-electron chi connectivity index (χ4n) is 2.32. The second-order valence-electron chi connectivity index (χ2n) is 5.07. The lowest BCUT2D eigenvalue weighted by molar-refractivity contribution is -0.136. The van der Waals surface area contributed by atoms with E-state index >= 15 is 0 Å². The minimum absolute atomic E-state index is 0.181. The van der Waals surface area contributed by atoms with Gasteiger partial charge in [0.15, 0.2) is 0 Å². The van der Waals surface area contributed by atoms with Crippen molar-refractivity contribution in [3.8, 4) is 11.4 Å². The lowest BCUT2D eigenvalue weighted by Gasteiger charge is -2.37. The molecule has 5 nitrogen and oxygen atoms in total. The average molecular weight is 271 g/mol. The fourth-order valence-corrected chi connectivity index (χ4v) is 2.32. The van der Waals surface area contributed by atoms with Crippen LogP contribution in [0, 0.1) is 0 Å². The van der Waals surface area contributed by atoms with Crippen LogP contribution in [-0.2, 0) is 4.79 Å². The average Bonchev–Trinajstić information content (AvgIpc) is 2.88. The van der Waals surface area contributed by atoms with E-state index in [-0.39, 0.29) is 11.8 Å². The molecule has 5 heteroatoms. The maximum atomic E-state index is 11.7. The summed E-state index contributed by atoms with van der Waals surface area (Å²) >= 11 is 0. The van der Waals surface area contributed by atoms with Crippen LogP contribution < -0.4 is 0 Å². The molecular formula is C15H17N3O2. The Kier molecular flexibility index (Phi) is 3.50. The molecule has 1 aromatic heterocycles. The van der Waals surface area contributed by atoms with Crippen LogP contribution in [0.3, 0.4) is 0 Å². The molecule has 0 unspecified atom stereocenters. The smallest absolute Gasteiger partial charge is 0.233 e. The van der Waals surface area contributed by atoms with E-state index in [1.54, 1.807) is 0 Å². The number of amides is 1. The van der Waals surface area contributed by atoms with Crippen LogP contribution in [0.15, 0.2) is 34.9 Å². The molecule has 1 fully saturated rings. The first-order valence-electron chi connectivity index (χ1n) is 6.94. The van der Waals surface area contributed by atoms with Crippen LogP contribution in [0.5, 0.6) is 0 Å². The summed E-state index contributed by atoms with van der Waals surface area (Å²) in [7, 11) is 0. The van der Waals surface area contributed by atoms with Crippen molar-refractivity contribution in [2.24, 2.45) is 0 Å². The second-order valence-corrected chi connectivity index (χ2v) is 5.07. The van der Waals surface area contributed by atoms with Crippen molar-refractivity contribution in [2.45, 2.75) is 25.7 Å². The number of carbonyl (C=O) groups is 1. The van der Waals surface area contributed by atoms with Gasteiger partial charge in [0.25, 0.3) is 0 Å². The lowest BCUT2D eigenvalue weighted by atomic mass is 9.99. The van der Waals surface area contributed by atoms with Crippen LogP contribution in [0.4, 0.5) is 0 Å². The Morgan fingerprint density at radius 1 is 1.35 bits per heavy atom. The number of aromatic nitrogens is 2. The molecule has 1 aliphatic rings. The molecular weight excluding hydrogens is 254 g/mol. The van der Waals surface area contributed by atoms with Gasteiger partial charge in [-0.3, -0.25) is 4.79 Å². The summed E-state index contributed by atoms with van der Waals surface area (Å²) in [5.74, 6) is 1.63. The standard InChI is InChI=1S/C15H17N3O2/c1-2-6-13(19)18-9-12(10-18)15-16-14(17-20-15)11-7-4-3-5-8-11/h3-5,7-8,12H,2,6,9-10H2,1H3. The van der Waals surface area contributed by atoms with E-state index in [2.05, 4.69) is 10.1 Å². The van der Waals surface area contributed by atoms with Crippen molar-refractivity contribution in [3.05, 3.63) is 36.2 Å². The van der Waals surface area contributed by atoms with Gasteiger partial charge >= 0.3 is 0 Å². The summed E-state index contributed by atoms with van der Waals surface area (Å²) in [5.41, 5.74) is 0.945. The zero-order valence-corrected chi connectivity index (χ0v) is 11.5. The summed E-state index contributed by atoms with van der Waals surface area (Å²) in [6.45, 7) is 3.39. The van der Waals surface area contributed by atoms with Crippen LogP contribution >= 0.6 is 0 Å². The minimum Gasteiger partial charge on any atom is -0.341 e. The van der Waals surface area contributed by atoms with Gasteiger partial charge in [0, 0.05) is 25.1 Å². The van der Waals surface area contributed by atoms with Crippen molar-refractivity contribution in [1.82, 2.24) is 15.0 Å². The highest BCUT2D eigenvalue weighted by molar-refractivity contribution is 5.77. The van der Waals surface area contributed by atoms with Gasteiger partial charge in [0.05, 0.1) is 5.92 Å². The number of nitrogens with zero attached hydrogens (tertiary/aromatic N) is 3. The Labute approximate surface area is 117 Å². The Bertz CT molecular complexity index is 588.